The quantitative estimate of drug-likeness (QED) is 0.134. The molecular weight excluding hydrogens is 507 g/mol. The van der Waals surface area contributed by atoms with Gasteiger partial charge < -0.3 is 43.8 Å². The molecule has 0 radical (unpaired) electrons. The molecule has 0 rings (SSSR count). The van der Waals surface area contributed by atoms with Crippen LogP contribution in [0.15, 0.2) is 24.3 Å². The van der Waals surface area contributed by atoms with Crippen LogP contribution in [0.1, 0.15) is 66.2 Å². The molecule has 0 spiro atoms. The van der Waals surface area contributed by atoms with Crippen molar-refractivity contribution in [2.45, 2.75) is 66.2 Å². The van der Waals surface area contributed by atoms with Crippen LogP contribution in [-0.2, 0) is 19.2 Å². The van der Waals surface area contributed by atoms with Gasteiger partial charge in [0.15, 0.2) is 0 Å². The third-order valence-electron chi connectivity index (χ3n) is 4.35. The van der Waals surface area contributed by atoms with Crippen LogP contribution in [0.4, 0.5) is 0 Å². The molecule has 0 aromatic heterocycles. The Morgan fingerprint density at radius 1 is 0.622 bits per heavy atom. The smallest absolute Gasteiger partial charge is 0.545 e. The molecule has 37 heavy (non-hydrogen) atoms. The van der Waals surface area contributed by atoms with Crippen molar-refractivity contribution in [3.05, 3.63) is 24.3 Å². The normalized spacial score (nSPS) is 10.6. The minimum Gasteiger partial charge on any atom is -0.545 e. The Bertz CT molecular complexity index is 566. The van der Waals surface area contributed by atoms with E-state index in [-0.39, 0.29) is 51.4 Å². The average Bonchev–Trinajstić information content (AvgIpc) is 2.76. The zero-order valence-corrected chi connectivity index (χ0v) is 27.7. The van der Waals surface area contributed by atoms with Crippen LogP contribution in [0.3, 0.4) is 0 Å². The second-order valence-electron chi connectivity index (χ2n) is 9.53. The van der Waals surface area contributed by atoms with Crippen molar-refractivity contribution in [2.24, 2.45) is 0 Å². The molecule has 0 bridgehead atoms. The molecule has 0 fully saturated rings. The number of carbonyl (C=O) groups is 4. The number of carboxylic acid groups (broad SMARTS) is 4. The van der Waals surface area contributed by atoms with E-state index in [1.165, 1.54) is 69.2 Å². The molecule has 212 valence electrons. The summed E-state index contributed by atoms with van der Waals surface area (Å²) in [6.45, 7) is 14.9. The van der Waals surface area contributed by atoms with E-state index in [9.17, 15) is 34.5 Å². The van der Waals surface area contributed by atoms with Crippen LogP contribution in [0.2, 0.25) is 0 Å². The number of aliphatic carboxylic acids is 4. The van der Waals surface area contributed by atoms with Crippen molar-refractivity contribution < 1.29 is 100.0 Å². The minimum atomic E-state index is -1.55. The van der Waals surface area contributed by atoms with Gasteiger partial charge in [0.2, 0.25) is 0 Å². The Hall–Kier alpha value is -1.08. The number of rotatable bonds is 14. The molecule has 0 saturated carbocycles. The maximum absolute atomic E-state index is 9.53. The number of hydrogen-bond donors (Lipinski definition) is 1. The average molecular weight is 557 g/mol. The Kier molecular flexibility index (Phi) is 36.5. The van der Waals surface area contributed by atoms with Gasteiger partial charge in [-0.15, -0.1) is 0 Å². The van der Waals surface area contributed by atoms with Gasteiger partial charge in [-0.05, 0) is 44.4 Å². The van der Waals surface area contributed by atoms with Crippen molar-refractivity contribution in [2.75, 3.05) is 54.4 Å². The summed E-state index contributed by atoms with van der Waals surface area (Å²) in [7, 11) is 8.50. The first-order valence-corrected chi connectivity index (χ1v) is 12.4. The molecule has 11 heteroatoms. The van der Waals surface area contributed by atoms with E-state index >= 15 is 0 Å². The van der Waals surface area contributed by atoms with Crippen molar-refractivity contribution >= 4 is 23.9 Å². The number of quaternary nitrogens is 2. The molecule has 0 aromatic rings. The van der Waals surface area contributed by atoms with Gasteiger partial charge in [-0.2, -0.15) is 0 Å². The van der Waals surface area contributed by atoms with Crippen LogP contribution in [0, 0.1) is 0 Å². The standard InChI is InChI=1S/C14H32N.C4H12N.2C4H4O4.K/c1-5-9-12-15(8-4,13-10-6-2)14-11-7-3;1-5(2,3)4;2*5-3(6)1-2-4(7)8;/h5-14H2,1-4H3;1-4H3;2*1-2H,(H,5,6)(H,7,8);/q2*+1;;;+1/p-3. The third-order valence-corrected chi connectivity index (χ3v) is 4.35. The van der Waals surface area contributed by atoms with Crippen molar-refractivity contribution in [1.82, 2.24) is 0 Å². The van der Waals surface area contributed by atoms with Crippen LogP contribution in [-0.4, -0.2) is 92.3 Å². The fraction of sp³-hybridized carbons (Fsp3) is 0.692. The molecule has 0 unspecified atom stereocenters. The van der Waals surface area contributed by atoms with Gasteiger partial charge in [0, 0.05) is 6.08 Å². The Labute approximate surface area is 266 Å². The first-order chi connectivity index (χ1) is 16.5. The van der Waals surface area contributed by atoms with E-state index in [0.29, 0.717) is 24.3 Å². The molecule has 0 saturated heterocycles. The minimum absolute atomic E-state index is 0. The van der Waals surface area contributed by atoms with Gasteiger partial charge in [-0.1, -0.05) is 40.0 Å². The Morgan fingerprint density at radius 2 is 0.865 bits per heavy atom. The number of carboxylic acids is 4. The molecule has 0 atom stereocenters. The van der Waals surface area contributed by atoms with E-state index in [1.807, 2.05) is 0 Å². The SMILES string of the molecule is CCCC[N+](CC)(CCCC)CCCC.C[N+](C)(C)C.O=C([O-])C=CC(=O)O.O=C([O-])C=CC(=O)[O-].[K+]. The van der Waals surface area contributed by atoms with Crippen LogP contribution < -0.4 is 66.7 Å². The molecule has 10 nitrogen and oxygen atoms in total. The van der Waals surface area contributed by atoms with E-state index in [4.69, 9.17) is 5.11 Å². The van der Waals surface area contributed by atoms with E-state index in [1.54, 1.807) is 0 Å². The molecule has 1 N–H and O–H groups in total. The number of nitrogens with zero attached hydrogens (tertiary/aromatic N) is 2. The first-order valence-electron chi connectivity index (χ1n) is 12.4. The number of carbonyl (C=O) groups excluding carboxylic acids is 3. The van der Waals surface area contributed by atoms with Gasteiger partial charge in [0.05, 0.1) is 72.3 Å². The first kappa shape index (κ1) is 45.8. The second-order valence-corrected chi connectivity index (χ2v) is 9.53. The van der Waals surface area contributed by atoms with Crippen molar-refractivity contribution in [3.63, 3.8) is 0 Å². The molecular formula is C26H49KN2O8. The number of unbranched alkanes of at least 4 members (excludes halogenated alkanes) is 3. The molecule has 0 amide bonds. The Morgan fingerprint density at radius 3 is 1.00 bits per heavy atom. The van der Waals surface area contributed by atoms with Crippen LogP contribution in [0.5, 0.6) is 0 Å². The monoisotopic (exact) mass is 556 g/mol. The van der Waals surface area contributed by atoms with Crippen LogP contribution in [0.25, 0.3) is 0 Å². The summed E-state index contributed by atoms with van der Waals surface area (Å²) in [5.41, 5.74) is 0. The van der Waals surface area contributed by atoms with Crippen molar-refractivity contribution in [3.8, 4) is 0 Å². The topological polar surface area (TPSA) is 158 Å². The second kappa shape index (κ2) is 29.5. The molecule has 0 aromatic carbocycles. The summed E-state index contributed by atoms with van der Waals surface area (Å²) in [5, 5.41) is 36.1. The van der Waals surface area contributed by atoms with Gasteiger partial charge in [-0.25, -0.2) is 4.79 Å². The van der Waals surface area contributed by atoms with Crippen molar-refractivity contribution in [1.29, 1.82) is 0 Å². The van der Waals surface area contributed by atoms with E-state index in [0.717, 1.165) is 4.48 Å². The summed E-state index contributed by atoms with van der Waals surface area (Å²) in [5.74, 6) is -5.90. The fourth-order valence-corrected chi connectivity index (χ4v) is 2.57. The zero-order valence-electron chi connectivity index (χ0n) is 24.6. The summed E-state index contributed by atoms with van der Waals surface area (Å²) >= 11 is 0. The van der Waals surface area contributed by atoms with E-state index < -0.39 is 23.9 Å². The summed E-state index contributed by atoms with van der Waals surface area (Å²) < 4.78 is 2.38. The maximum Gasteiger partial charge on any atom is 1.00 e. The fourth-order valence-electron chi connectivity index (χ4n) is 2.57. The molecule has 0 aliphatic carbocycles. The predicted octanol–water partition coefficient (Wildman–Crippen LogP) is -3.03. The predicted molar refractivity (Wildman–Crippen MR) is 135 cm³/mol. The summed E-state index contributed by atoms with van der Waals surface area (Å²) in [4.78, 5) is 37.8. The van der Waals surface area contributed by atoms with Crippen LogP contribution >= 0.6 is 0 Å². The maximum atomic E-state index is 9.53. The molecule has 0 heterocycles. The van der Waals surface area contributed by atoms with Gasteiger partial charge in [0.1, 0.15) is 0 Å². The molecule has 0 aliphatic heterocycles. The summed E-state index contributed by atoms with van der Waals surface area (Å²) in [6.07, 6.45) is 9.96. The van der Waals surface area contributed by atoms with Gasteiger partial charge in [-0.3, -0.25) is 0 Å². The Balaban J connectivity index is -0.000000133. The number of hydrogen-bond acceptors (Lipinski definition) is 7. The van der Waals surface area contributed by atoms with Gasteiger partial charge in [0.25, 0.3) is 0 Å². The van der Waals surface area contributed by atoms with Gasteiger partial charge >= 0.3 is 57.4 Å². The zero-order chi connectivity index (χ0) is 29.2. The summed E-state index contributed by atoms with van der Waals surface area (Å²) in [6, 6.07) is 0. The third kappa shape index (κ3) is 52.2. The van der Waals surface area contributed by atoms with E-state index in [2.05, 4.69) is 55.9 Å². The molecule has 0 aliphatic rings. The largest absolute Gasteiger partial charge is 1.00 e.